The predicted octanol–water partition coefficient (Wildman–Crippen LogP) is 1.71. The molecule has 13 heavy (non-hydrogen) atoms. The van der Waals surface area contributed by atoms with E-state index in [9.17, 15) is 8.42 Å². The monoisotopic (exact) mass is 263 g/mol. The van der Waals surface area contributed by atoms with Gasteiger partial charge in [-0.1, -0.05) is 15.9 Å². The minimum Gasteiger partial charge on any atom is -0.225 e. The minimum absolute atomic E-state index is 0.188. The maximum absolute atomic E-state index is 11.1. The third kappa shape index (κ3) is 2.10. The third-order valence-electron chi connectivity index (χ3n) is 1.98. The summed E-state index contributed by atoms with van der Waals surface area (Å²) in [5, 5.41) is 5.03. The smallest absolute Gasteiger partial charge is 0.225 e. The van der Waals surface area contributed by atoms with Crippen molar-refractivity contribution in [3.63, 3.8) is 0 Å². The summed E-state index contributed by atoms with van der Waals surface area (Å²) in [6.45, 7) is 3.58. The number of benzene rings is 1. The van der Waals surface area contributed by atoms with Gasteiger partial charge >= 0.3 is 0 Å². The predicted molar refractivity (Wildman–Crippen MR) is 55.0 cm³/mol. The van der Waals surface area contributed by atoms with Crippen molar-refractivity contribution in [1.82, 2.24) is 0 Å². The van der Waals surface area contributed by atoms with Crippen LogP contribution in [0.3, 0.4) is 0 Å². The Morgan fingerprint density at radius 1 is 1.23 bits per heavy atom. The molecule has 0 fully saturated rings. The van der Waals surface area contributed by atoms with E-state index in [1.807, 2.05) is 6.92 Å². The molecule has 1 rings (SSSR count). The lowest BCUT2D eigenvalue weighted by Crippen LogP contribution is -2.14. The molecule has 0 unspecified atom stereocenters. The summed E-state index contributed by atoms with van der Waals surface area (Å²) in [6, 6.07) is 3.18. The Balaban J connectivity index is 3.53. The van der Waals surface area contributed by atoms with Gasteiger partial charge in [0.1, 0.15) is 0 Å². The van der Waals surface area contributed by atoms with Gasteiger partial charge in [0.25, 0.3) is 0 Å². The van der Waals surface area contributed by atoms with Crippen LogP contribution in [-0.4, -0.2) is 8.42 Å². The highest BCUT2D eigenvalue weighted by atomic mass is 79.9. The van der Waals surface area contributed by atoms with Crippen molar-refractivity contribution in [1.29, 1.82) is 0 Å². The zero-order valence-corrected chi connectivity index (χ0v) is 9.74. The van der Waals surface area contributed by atoms with Crippen LogP contribution in [0.5, 0.6) is 0 Å². The van der Waals surface area contributed by atoms with Crippen LogP contribution in [0.15, 0.2) is 21.5 Å². The van der Waals surface area contributed by atoms with E-state index in [2.05, 4.69) is 15.9 Å². The molecule has 0 aliphatic heterocycles. The van der Waals surface area contributed by atoms with Crippen molar-refractivity contribution < 1.29 is 8.42 Å². The second-order valence-corrected chi connectivity index (χ2v) is 5.22. The largest absolute Gasteiger partial charge is 0.238 e. The molecule has 0 aliphatic carbocycles. The first-order valence-corrected chi connectivity index (χ1v) is 5.96. The molecule has 0 spiro atoms. The molecule has 0 atom stereocenters. The van der Waals surface area contributed by atoms with Crippen LogP contribution < -0.4 is 5.14 Å². The standard InChI is InChI=1S/C8H10BrNO2S/c1-5-6(2)8(13(10,11)12)4-3-7(5)9/h3-4H,1-2H3,(H2,10,11,12). The van der Waals surface area contributed by atoms with Gasteiger partial charge in [-0.25, -0.2) is 13.6 Å². The average molecular weight is 264 g/mol. The Morgan fingerprint density at radius 2 is 1.77 bits per heavy atom. The molecule has 1 aromatic carbocycles. The SMILES string of the molecule is Cc1c(Br)ccc(S(N)(=O)=O)c1C. The number of sulfonamides is 1. The summed E-state index contributed by atoms with van der Waals surface area (Å²) in [7, 11) is -3.59. The zero-order chi connectivity index (χ0) is 10.2. The maximum Gasteiger partial charge on any atom is 0.238 e. The van der Waals surface area contributed by atoms with Gasteiger partial charge in [0.15, 0.2) is 0 Å². The van der Waals surface area contributed by atoms with E-state index in [4.69, 9.17) is 5.14 Å². The topological polar surface area (TPSA) is 60.2 Å². The van der Waals surface area contributed by atoms with Crippen LogP contribution in [0.1, 0.15) is 11.1 Å². The summed E-state index contributed by atoms with van der Waals surface area (Å²) >= 11 is 3.31. The summed E-state index contributed by atoms with van der Waals surface area (Å²) in [6.07, 6.45) is 0. The molecule has 0 saturated heterocycles. The molecule has 0 bridgehead atoms. The van der Waals surface area contributed by atoms with Crippen molar-refractivity contribution in [3.8, 4) is 0 Å². The third-order valence-corrected chi connectivity index (χ3v) is 3.89. The molecule has 0 amide bonds. The summed E-state index contributed by atoms with van der Waals surface area (Å²) < 4.78 is 23.0. The lowest BCUT2D eigenvalue weighted by Gasteiger charge is -2.07. The fourth-order valence-electron chi connectivity index (χ4n) is 1.07. The van der Waals surface area contributed by atoms with Crippen LogP contribution in [0, 0.1) is 13.8 Å². The first-order valence-electron chi connectivity index (χ1n) is 3.62. The van der Waals surface area contributed by atoms with Crippen molar-refractivity contribution in [2.75, 3.05) is 0 Å². The second kappa shape index (κ2) is 3.40. The molecule has 0 aliphatic rings. The second-order valence-electron chi connectivity index (χ2n) is 2.84. The number of rotatable bonds is 1. The van der Waals surface area contributed by atoms with Gasteiger partial charge in [-0.2, -0.15) is 0 Å². The maximum atomic E-state index is 11.1. The Kier molecular flexibility index (Phi) is 2.79. The van der Waals surface area contributed by atoms with E-state index < -0.39 is 10.0 Å². The van der Waals surface area contributed by atoms with E-state index in [1.54, 1.807) is 13.0 Å². The molecule has 0 heterocycles. The molecule has 3 nitrogen and oxygen atoms in total. The van der Waals surface area contributed by atoms with E-state index in [1.165, 1.54) is 6.07 Å². The van der Waals surface area contributed by atoms with Crippen LogP contribution in [0.25, 0.3) is 0 Å². The van der Waals surface area contributed by atoms with E-state index in [0.29, 0.717) is 5.56 Å². The van der Waals surface area contributed by atoms with E-state index in [0.717, 1.165) is 10.0 Å². The van der Waals surface area contributed by atoms with Crippen molar-refractivity contribution in [2.24, 2.45) is 5.14 Å². The molecule has 0 aromatic heterocycles. The average Bonchev–Trinajstić information content (AvgIpc) is 1.98. The molecule has 5 heteroatoms. The first-order chi connectivity index (χ1) is 5.84. The lowest BCUT2D eigenvalue weighted by molar-refractivity contribution is 0.597. The minimum atomic E-state index is -3.59. The van der Waals surface area contributed by atoms with Gasteiger partial charge < -0.3 is 0 Å². The van der Waals surface area contributed by atoms with Gasteiger partial charge in [-0.15, -0.1) is 0 Å². The van der Waals surface area contributed by atoms with Crippen molar-refractivity contribution in [2.45, 2.75) is 18.7 Å². The fourth-order valence-corrected chi connectivity index (χ4v) is 2.34. The normalized spacial score (nSPS) is 11.7. The zero-order valence-electron chi connectivity index (χ0n) is 7.33. The lowest BCUT2D eigenvalue weighted by atomic mass is 10.1. The summed E-state index contributed by atoms with van der Waals surface area (Å²) in [4.78, 5) is 0.188. The quantitative estimate of drug-likeness (QED) is 0.839. The first kappa shape index (κ1) is 10.7. The molecule has 0 radical (unpaired) electrons. The van der Waals surface area contributed by atoms with Gasteiger partial charge in [0.05, 0.1) is 4.90 Å². The molecule has 0 saturated carbocycles. The molecule has 72 valence electrons. The van der Waals surface area contributed by atoms with Crippen LogP contribution in [0.2, 0.25) is 0 Å². The van der Waals surface area contributed by atoms with Crippen LogP contribution >= 0.6 is 15.9 Å². The Labute approximate surface area is 86.1 Å². The number of halogens is 1. The Hall–Kier alpha value is -0.390. The number of nitrogens with two attached hydrogens (primary N) is 1. The van der Waals surface area contributed by atoms with E-state index >= 15 is 0 Å². The Bertz CT molecular complexity index is 440. The summed E-state index contributed by atoms with van der Waals surface area (Å²) in [5.74, 6) is 0. The highest BCUT2D eigenvalue weighted by molar-refractivity contribution is 9.10. The van der Waals surface area contributed by atoms with Crippen molar-refractivity contribution in [3.05, 3.63) is 27.7 Å². The van der Waals surface area contributed by atoms with Gasteiger partial charge in [0.2, 0.25) is 10.0 Å². The highest BCUT2D eigenvalue weighted by Crippen LogP contribution is 2.24. The highest BCUT2D eigenvalue weighted by Gasteiger charge is 2.13. The molecule has 1 aromatic rings. The number of hydrogen-bond acceptors (Lipinski definition) is 2. The number of hydrogen-bond donors (Lipinski definition) is 1. The van der Waals surface area contributed by atoms with Crippen molar-refractivity contribution >= 4 is 26.0 Å². The molecular weight excluding hydrogens is 254 g/mol. The van der Waals surface area contributed by atoms with Crippen LogP contribution in [-0.2, 0) is 10.0 Å². The van der Waals surface area contributed by atoms with Gasteiger partial charge in [-0.05, 0) is 37.1 Å². The van der Waals surface area contributed by atoms with Gasteiger partial charge in [0, 0.05) is 4.47 Å². The molecular formula is C8H10BrNO2S. The fraction of sp³-hybridized carbons (Fsp3) is 0.250. The summed E-state index contributed by atoms with van der Waals surface area (Å²) in [5.41, 5.74) is 1.59. The van der Waals surface area contributed by atoms with Crippen LogP contribution in [0.4, 0.5) is 0 Å². The number of primary sulfonamides is 1. The van der Waals surface area contributed by atoms with E-state index in [-0.39, 0.29) is 4.90 Å². The molecule has 2 N–H and O–H groups in total. The Morgan fingerprint density at radius 3 is 2.23 bits per heavy atom. The van der Waals surface area contributed by atoms with Gasteiger partial charge in [-0.3, -0.25) is 0 Å².